The van der Waals surface area contributed by atoms with Gasteiger partial charge in [-0.15, -0.1) is 0 Å². The summed E-state index contributed by atoms with van der Waals surface area (Å²) >= 11 is 0. The Morgan fingerprint density at radius 1 is 1.44 bits per heavy atom. The molecule has 100 valence electrons. The second-order valence-corrected chi connectivity index (χ2v) is 3.79. The first-order chi connectivity index (χ1) is 8.36. The molecule has 0 aliphatic heterocycles. The Balaban J connectivity index is 2.96. The first-order valence-electron chi connectivity index (χ1n) is 5.14. The molecule has 18 heavy (non-hydrogen) atoms. The van der Waals surface area contributed by atoms with Crippen LogP contribution in [0.4, 0.5) is 15.8 Å². The number of rotatable bonds is 4. The molecule has 6 nitrogen and oxygen atoms in total. The number of anilines is 2. The summed E-state index contributed by atoms with van der Waals surface area (Å²) in [4.78, 5) is 11.0. The number of aliphatic hydroxyl groups excluding tert-OH is 2. The van der Waals surface area contributed by atoms with Crippen molar-refractivity contribution in [1.29, 1.82) is 0 Å². The van der Waals surface area contributed by atoms with Gasteiger partial charge in [-0.3, -0.25) is 4.79 Å². The average molecular weight is 258 g/mol. The Hall–Kier alpha value is -1.86. The van der Waals surface area contributed by atoms with Crippen LogP contribution >= 0.6 is 0 Å². The third kappa shape index (κ3) is 3.08. The topological polar surface area (TPSA) is 119 Å². The summed E-state index contributed by atoms with van der Waals surface area (Å²) in [7, 11) is 1.15. The number of esters is 1. The lowest BCUT2D eigenvalue weighted by Gasteiger charge is -2.19. The van der Waals surface area contributed by atoms with Gasteiger partial charge < -0.3 is 26.4 Å². The summed E-state index contributed by atoms with van der Waals surface area (Å²) in [6, 6.07) is 1.95. The zero-order chi connectivity index (χ0) is 13.9. The van der Waals surface area contributed by atoms with Crippen molar-refractivity contribution in [3.05, 3.63) is 23.5 Å². The second-order valence-electron chi connectivity index (χ2n) is 3.79. The number of carbonyl (C=O) groups excluding carboxylic acids is 1. The summed E-state index contributed by atoms with van der Waals surface area (Å²) < 4.78 is 17.5. The summed E-state index contributed by atoms with van der Waals surface area (Å²) in [5.74, 6) is -1.40. The maximum Gasteiger partial charge on any atom is 0.308 e. The molecule has 0 aliphatic rings. The zero-order valence-electron chi connectivity index (χ0n) is 9.76. The number of methoxy groups -OCH3 is 1. The van der Waals surface area contributed by atoms with E-state index in [1.165, 1.54) is 0 Å². The van der Waals surface area contributed by atoms with E-state index in [1.807, 2.05) is 0 Å². The largest absolute Gasteiger partial charge is 0.469 e. The Morgan fingerprint density at radius 3 is 2.61 bits per heavy atom. The Morgan fingerprint density at radius 2 is 2.06 bits per heavy atom. The van der Waals surface area contributed by atoms with Crippen LogP contribution in [0.5, 0.6) is 0 Å². The van der Waals surface area contributed by atoms with E-state index in [4.69, 9.17) is 11.5 Å². The SMILES string of the molecule is COC(=O)CC(O)C(O)c1cc(F)cc(N)c1N. The fourth-order valence-electron chi connectivity index (χ4n) is 1.48. The van der Waals surface area contributed by atoms with Crippen molar-refractivity contribution in [2.75, 3.05) is 18.6 Å². The predicted molar refractivity (Wildman–Crippen MR) is 62.8 cm³/mol. The third-order valence-electron chi connectivity index (χ3n) is 2.50. The standard InChI is InChI=1S/C11H15FN2O4/c1-18-9(16)4-8(15)11(17)6-2-5(12)3-7(13)10(6)14/h2-3,8,11,15,17H,4,13-14H2,1H3. The second kappa shape index (κ2) is 5.65. The molecule has 0 heterocycles. The van der Waals surface area contributed by atoms with Crippen molar-refractivity contribution < 1.29 is 24.1 Å². The molecule has 2 unspecified atom stereocenters. The van der Waals surface area contributed by atoms with Crippen molar-refractivity contribution in [3.63, 3.8) is 0 Å². The molecule has 2 atom stereocenters. The van der Waals surface area contributed by atoms with E-state index in [-0.39, 0.29) is 16.9 Å². The number of hydrogen-bond acceptors (Lipinski definition) is 6. The number of nitrogens with two attached hydrogens (primary N) is 2. The summed E-state index contributed by atoms with van der Waals surface area (Å²) in [6.45, 7) is 0. The van der Waals surface area contributed by atoms with E-state index in [1.54, 1.807) is 0 Å². The fraction of sp³-hybridized carbons (Fsp3) is 0.364. The van der Waals surface area contributed by atoms with Crippen LogP contribution in [0.1, 0.15) is 18.1 Å². The van der Waals surface area contributed by atoms with Crippen LogP contribution in [-0.2, 0) is 9.53 Å². The lowest BCUT2D eigenvalue weighted by Crippen LogP contribution is -2.23. The van der Waals surface area contributed by atoms with Gasteiger partial charge in [-0.05, 0) is 12.1 Å². The number of hydrogen-bond donors (Lipinski definition) is 4. The van der Waals surface area contributed by atoms with E-state index < -0.39 is 30.4 Å². The molecule has 0 saturated heterocycles. The minimum Gasteiger partial charge on any atom is -0.469 e. The summed E-state index contributed by atoms with van der Waals surface area (Å²) in [6.07, 6.45) is -3.42. The number of carbonyl (C=O) groups is 1. The van der Waals surface area contributed by atoms with E-state index in [9.17, 15) is 19.4 Å². The molecule has 0 radical (unpaired) electrons. The van der Waals surface area contributed by atoms with Crippen LogP contribution in [0.3, 0.4) is 0 Å². The maximum absolute atomic E-state index is 13.1. The maximum atomic E-state index is 13.1. The van der Waals surface area contributed by atoms with Gasteiger partial charge in [-0.1, -0.05) is 0 Å². The van der Waals surface area contributed by atoms with Gasteiger partial charge in [0.05, 0.1) is 31.0 Å². The molecule has 0 fully saturated rings. The number of halogens is 1. The van der Waals surface area contributed by atoms with Gasteiger partial charge >= 0.3 is 5.97 Å². The van der Waals surface area contributed by atoms with Crippen LogP contribution < -0.4 is 11.5 Å². The molecular formula is C11H15FN2O4. The van der Waals surface area contributed by atoms with Crippen molar-refractivity contribution in [2.24, 2.45) is 0 Å². The molecular weight excluding hydrogens is 243 g/mol. The molecule has 0 spiro atoms. The van der Waals surface area contributed by atoms with E-state index in [2.05, 4.69) is 4.74 Å². The smallest absolute Gasteiger partial charge is 0.308 e. The lowest BCUT2D eigenvalue weighted by atomic mass is 9.99. The van der Waals surface area contributed by atoms with Crippen LogP contribution in [-0.4, -0.2) is 29.4 Å². The number of ether oxygens (including phenoxy) is 1. The first kappa shape index (κ1) is 14.2. The molecule has 0 amide bonds. The third-order valence-corrected chi connectivity index (χ3v) is 2.50. The highest BCUT2D eigenvalue weighted by atomic mass is 19.1. The highest BCUT2D eigenvalue weighted by Crippen LogP contribution is 2.30. The predicted octanol–water partition coefficient (Wildman–Crippen LogP) is -0.0525. The van der Waals surface area contributed by atoms with Crippen molar-refractivity contribution in [3.8, 4) is 0 Å². The molecule has 1 aromatic rings. The van der Waals surface area contributed by atoms with E-state index in [0.717, 1.165) is 19.2 Å². The van der Waals surface area contributed by atoms with Crippen molar-refractivity contribution >= 4 is 17.3 Å². The van der Waals surface area contributed by atoms with Crippen LogP contribution in [0.15, 0.2) is 12.1 Å². The zero-order valence-corrected chi connectivity index (χ0v) is 9.76. The van der Waals surface area contributed by atoms with E-state index >= 15 is 0 Å². The van der Waals surface area contributed by atoms with Gasteiger partial charge in [0.2, 0.25) is 0 Å². The molecule has 0 aromatic heterocycles. The van der Waals surface area contributed by atoms with Crippen LogP contribution in [0.25, 0.3) is 0 Å². The molecule has 1 aromatic carbocycles. The van der Waals surface area contributed by atoms with Gasteiger partial charge in [0.15, 0.2) is 0 Å². The summed E-state index contributed by atoms with van der Waals surface area (Å²) in [5.41, 5.74) is 10.9. The number of benzene rings is 1. The molecule has 0 aliphatic carbocycles. The molecule has 6 N–H and O–H groups in total. The monoisotopic (exact) mass is 258 g/mol. The Bertz CT molecular complexity index is 453. The van der Waals surface area contributed by atoms with Gasteiger partial charge in [0.25, 0.3) is 0 Å². The highest BCUT2D eigenvalue weighted by Gasteiger charge is 2.24. The van der Waals surface area contributed by atoms with Crippen molar-refractivity contribution in [1.82, 2.24) is 0 Å². The molecule has 1 rings (SSSR count). The number of nitrogen functional groups attached to an aromatic ring is 2. The quantitative estimate of drug-likeness (QED) is 0.444. The Labute approximate surface area is 103 Å². The van der Waals surface area contributed by atoms with Crippen LogP contribution in [0, 0.1) is 5.82 Å². The Kier molecular flexibility index (Phi) is 4.46. The molecule has 0 saturated carbocycles. The van der Waals surface area contributed by atoms with Gasteiger partial charge in [0.1, 0.15) is 11.9 Å². The minimum absolute atomic E-state index is 0.0344. The minimum atomic E-state index is -1.53. The van der Waals surface area contributed by atoms with Gasteiger partial charge in [-0.25, -0.2) is 4.39 Å². The first-order valence-corrected chi connectivity index (χ1v) is 5.14. The van der Waals surface area contributed by atoms with Crippen LogP contribution in [0.2, 0.25) is 0 Å². The average Bonchev–Trinajstić information content (AvgIpc) is 2.32. The van der Waals surface area contributed by atoms with Gasteiger partial charge in [-0.2, -0.15) is 0 Å². The molecule has 7 heteroatoms. The van der Waals surface area contributed by atoms with Gasteiger partial charge in [0, 0.05) is 5.56 Å². The lowest BCUT2D eigenvalue weighted by molar-refractivity contribution is -0.144. The normalized spacial score (nSPS) is 14.0. The highest BCUT2D eigenvalue weighted by molar-refractivity contribution is 5.71. The fourth-order valence-corrected chi connectivity index (χ4v) is 1.48. The van der Waals surface area contributed by atoms with E-state index in [0.29, 0.717) is 0 Å². The molecule has 0 bridgehead atoms. The summed E-state index contributed by atoms with van der Waals surface area (Å²) in [5, 5.41) is 19.4. The van der Waals surface area contributed by atoms with Crippen molar-refractivity contribution in [2.45, 2.75) is 18.6 Å². The number of aliphatic hydroxyl groups is 2.